The van der Waals surface area contributed by atoms with Gasteiger partial charge in [-0.05, 0) is 80.5 Å². The number of hydrogen-bond acceptors (Lipinski definition) is 4. The quantitative estimate of drug-likeness (QED) is 0.156. The first-order valence-corrected chi connectivity index (χ1v) is 16.8. The van der Waals surface area contributed by atoms with E-state index in [0.29, 0.717) is 35.5 Å². The van der Waals surface area contributed by atoms with E-state index in [2.05, 4.69) is 135 Å². The Morgan fingerprint density at radius 1 is 0.535 bits per heavy atom. The Morgan fingerprint density at radius 3 is 1.40 bits per heavy atom. The molecule has 0 aliphatic carbocycles. The van der Waals surface area contributed by atoms with Crippen LogP contribution in [0, 0.1) is 0 Å². The molecule has 3 N–H and O–H groups in total. The Labute approximate surface area is 263 Å². The maximum Gasteiger partial charge on any atom is 0.0591 e. The lowest BCUT2D eigenvalue weighted by Gasteiger charge is -2.24. The van der Waals surface area contributed by atoms with Gasteiger partial charge in [-0.2, -0.15) is 0 Å². The molecule has 1 aromatic heterocycles. The summed E-state index contributed by atoms with van der Waals surface area (Å²) in [4.78, 5) is 4.78. The molecule has 0 aliphatic rings. The Kier molecular flexibility index (Phi) is 12.7. The maximum atomic E-state index is 4.78. The average Bonchev–Trinajstić information content (AvgIpc) is 2.95. The molecule has 1 heterocycles. The minimum atomic E-state index is 0.454. The van der Waals surface area contributed by atoms with Crippen molar-refractivity contribution in [1.29, 1.82) is 0 Å². The van der Waals surface area contributed by atoms with Crippen molar-refractivity contribution in [3.05, 3.63) is 87.2 Å². The second-order valence-electron chi connectivity index (χ2n) is 14.1. The van der Waals surface area contributed by atoms with Crippen LogP contribution in [0.25, 0.3) is 0 Å². The van der Waals surface area contributed by atoms with Gasteiger partial charge in [-0.15, -0.1) is 0 Å². The van der Waals surface area contributed by atoms with Crippen molar-refractivity contribution in [1.82, 2.24) is 10.3 Å². The zero-order chi connectivity index (χ0) is 31.8. The molecule has 0 atom stereocenters. The van der Waals surface area contributed by atoms with Gasteiger partial charge in [0.2, 0.25) is 0 Å². The Hall–Kier alpha value is -2.85. The number of rotatable bonds is 15. The molecule has 2 aromatic carbocycles. The van der Waals surface area contributed by atoms with E-state index in [1.165, 1.54) is 50.3 Å². The first-order chi connectivity index (χ1) is 20.3. The summed E-state index contributed by atoms with van der Waals surface area (Å²) < 4.78 is 0. The van der Waals surface area contributed by atoms with Gasteiger partial charge in [-0.3, -0.25) is 4.98 Å². The largest absolute Gasteiger partial charge is 0.383 e. The summed E-state index contributed by atoms with van der Waals surface area (Å²) in [5, 5.41) is 11.3. The van der Waals surface area contributed by atoms with Crippen LogP contribution in [0.3, 0.4) is 0 Å². The van der Waals surface area contributed by atoms with Crippen molar-refractivity contribution in [2.45, 2.75) is 132 Å². The van der Waals surface area contributed by atoms with Crippen molar-refractivity contribution in [2.75, 3.05) is 23.7 Å². The van der Waals surface area contributed by atoms with Gasteiger partial charge < -0.3 is 16.0 Å². The lowest BCUT2D eigenvalue weighted by molar-refractivity contribution is 0.685. The van der Waals surface area contributed by atoms with Gasteiger partial charge in [-0.1, -0.05) is 113 Å². The molecule has 0 spiro atoms. The van der Waals surface area contributed by atoms with Gasteiger partial charge in [0.1, 0.15) is 0 Å². The first kappa shape index (κ1) is 34.6. The zero-order valence-electron chi connectivity index (χ0n) is 29.3. The van der Waals surface area contributed by atoms with Gasteiger partial charge in [0.05, 0.1) is 5.69 Å². The molecule has 43 heavy (non-hydrogen) atoms. The van der Waals surface area contributed by atoms with E-state index in [1.807, 2.05) is 6.20 Å². The van der Waals surface area contributed by atoms with E-state index in [9.17, 15) is 0 Å². The van der Waals surface area contributed by atoms with Crippen LogP contribution in [-0.4, -0.2) is 18.1 Å². The molecule has 3 rings (SSSR count). The first-order valence-electron chi connectivity index (χ1n) is 16.8. The van der Waals surface area contributed by atoms with E-state index in [0.717, 1.165) is 31.9 Å². The van der Waals surface area contributed by atoms with Crippen LogP contribution in [0.2, 0.25) is 0 Å². The minimum Gasteiger partial charge on any atom is -0.383 e. The van der Waals surface area contributed by atoms with E-state index < -0.39 is 0 Å². The monoisotopic (exact) mass is 584 g/mol. The summed E-state index contributed by atoms with van der Waals surface area (Å²) in [5.41, 5.74) is 13.5. The Bertz CT molecular complexity index is 1260. The number of pyridine rings is 1. The van der Waals surface area contributed by atoms with Crippen LogP contribution < -0.4 is 16.0 Å². The summed E-state index contributed by atoms with van der Waals surface area (Å²) in [6, 6.07) is 13.9. The Balaban J connectivity index is 1.71. The van der Waals surface area contributed by atoms with Crippen LogP contribution >= 0.6 is 0 Å². The third-order valence-electron chi connectivity index (χ3n) is 8.60. The van der Waals surface area contributed by atoms with Crippen LogP contribution in [0.4, 0.5) is 11.4 Å². The highest BCUT2D eigenvalue weighted by atomic mass is 15.0. The molecule has 4 nitrogen and oxygen atoms in total. The van der Waals surface area contributed by atoms with Gasteiger partial charge in [0.15, 0.2) is 0 Å². The van der Waals surface area contributed by atoms with Crippen molar-refractivity contribution in [3.8, 4) is 0 Å². The molecular weight excluding hydrogens is 524 g/mol. The SMILES string of the molecule is CC(C)c1cc(C(C)C)c(NCCNCc2ncccc2CNc2c(C(C)C)cc(C(C)C)cc2C(C)C)c(C(C)C)c1. The third kappa shape index (κ3) is 9.08. The highest BCUT2D eigenvalue weighted by molar-refractivity contribution is 5.63. The van der Waals surface area contributed by atoms with Crippen molar-refractivity contribution >= 4 is 11.4 Å². The van der Waals surface area contributed by atoms with Crippen LogP contribution in [0.15, 0.2) is 42.6 Å². The molecule has 0 aliphatic heterocycles. The smallest absolute Gasteiger partial charge is 0.0591 e. The fraction of sp³-hybridized carbons (Fsp3) is 0.564. The van der Waals surface area contributed by atoms with E-state index in [1.54, 1.807) is 0 Å². The van der Waals surface area contributed by atoms with Crippen molar-refractivity contribution < 1.29 is 0 Å². The van der Waals surface area contributed by atoms with Gasteiger partial charge in [-0.25, -0.2) is 0 Å². The second kappa shape index (κ2) is 15.7. The third-order valence-corrected chi connectivity index (χ3v) is 8.60. The van der Waals surface area contributed by atoms with Crippen molar-refractivity contribution in [2.24, 2.45) is 0 Å². The molecule has 4 heteroatoms. The van der Waals surface area contributed by atoms with Gasteiger partial charge in [0, 0.05) is 43.8 Å². The second-order valence-corrected chi connectivity index (χ2v) is 14.1. The number of anilines is 2. The number of hydrogen-bond donors (Lipinski definition) is 3. The molecule has 0 saturated carbocycles. The van der Waals surface area contributed by atoms with E-state index >= 15 is 0 Å². The lowest BCUT2D eigenvalue weighted by Crippen LogP contribution is -2.24. The van der Waals surface area contributed by atoms with E-state index in [-0.39, 0.29) is 0 Å². The standard InChI is InChI=1S/C39H60N4/c1-24(2)31-18-33(26(5)6)38(34(19-31)27(7)8)42-17-16-40-23-37-30(14-13-15-41-37)22-43-39-35(28(9)10)20-32(25(3)4)21-36(39)29(11)12/h13-15,18-21,24-29,40,42-43H,16-17,22-23H2,1-12H3. The molecule has 0 unspecified atom stereocenters. The predicted molar refractivity (Wildman–Crippen MR) is 189 cm³/mol. The van der Waals surface area contributed by atoms with Gasteiger partial charge in [0.25, 0.3) is 0 Å². The van der Waals surface area contributed by atoms with Crippen LogP contribution in [0.1, 0.15) is 163 Å². The number of benzene rings is 2. The van der Waals surface area contributed by atoms with Gasteiger partial charge >= 0.3 is 0 Å². The van der Waals surface area contributed by atoms with E-state index in [4.69, 9.17) is 4.98 Å². The molecule has 0 amide bonds. The van der Waals surface area contributed by atoms with Crippen LogP contribution in [-0.2, 0) is 13.1 Å². The summed E-state index contributed by atoms with van der Waals surface area (Å²) >= 11 is 0. The molecule has 0 fully saturated rings. The maximum absolute atomic E-state index is 4.78. The van der Waals surface area contributed by atoms with Crippen molar-refractivity contribution in [3.63, 3.8) is 0 Å². The molecular formula is C39H60N4. The number of nitrogens with one attached hydrogen (secondary N) is 3. The fourth-order valence-electron chi connectivity index (χ4n) is 5.78. The number of nitrogens with zero attached hydrogens (tertiary/aromatic N) is 1. The summed E-state index contributed by atoms with van der Waals surface area (Å²) in [6.45, 7) is 30.8. The minimum absolute atomic E-state index is 0.454. The topological polar surface area (TPSA) is 49.0 Å². The Morgan fingerprint density at radius 2 is 0.977 bits per heavy atom. The molecule has 0 saturated heterocycles. The average molecular weight is 585 g/mol. The molecule has 0 bridgehead atoms. The molecule has 0 radical (unpaired) electrons. The normalized spacial score (nSPS) is 12.0. The molecule has 3 aromatic rings. The predicted octanol–water partition coefficient (Wildman–Crippen LogP) is 10.6. The fourth-order valence-corrected chi connectivity index (χ4v) is 5.78. The highest BCUT2D eigenvalue weighted by Crippen LogP contribution is 2.37. The molecule has 236 valence electrons. The summed E-state index contributed by atoms with van der Waals surface area (Å²) in [5.74, 6) is 2.91. The number of aromatic nitrogens is 1. The zero-order valence-corrected chi connectivity index (χ0v) is 29.3. The summed E-state index contributed by atoms with van der Waals surface area (Å²) in [6.07, 6.45) is 1.91. The summed E-state index contributed by atoms with van der Waals surface area (Å²) in [7, 11) is 0. The van der Waals surface area contributed by atoms with Crippen LogP contribution in [0.5, 0.6) is 0 Å². The highest BCUT2D eigenvalue weighted by Gasteiger charge is 2.19. The lowest BCUT2D eigenvalue weighted by atomic mass is 9.87.